The van der Waals surface area contributed by atoms with E-state index in [1.807, 2.05) is 0 Å². The van der Waals surface area contributed by atoms with E-state index in [9.17, 15) is 0 Å². The van der Waals surface area contributed by atoms with E-state index in [4.69, 9.17) is 0 Å². The van der Waals surface area contributed by atoms with Crippen molar-refractivity contribution in [3.63, 3.8) is 0 Å². The van der Waals surface area contributed by atoms with E-state index in [2.05, 4.69) is 47.6 Å². The second kappa shape index (κ2) is 9.96. The minimum Gasteiger partial charge on any atom is -1.00 e. The Morgan fingerprint density at radius 2 is 1.33 bits per heavy atom. The fourth-order valence-electron chi connectivity index (χ4n) is 1.41. The first-order chi connectivity index (χ1) is 5.45. The van der Waals surface area contributed by atoms with E-state index in [-0.39, 0.29) is 51.9 Å². The van der Waals surface area contributed by atoms with Crippen LogP contribution in [0.25, 0.3) is 0 Å². The van der Waals surface area contributed by atoms with Gasteiger partial charge in [0.15, 0.2) is 0 Å². The molecule has 0 bridgehead atoms. The topological polar surface area (TPSA) is 0 Å². The number of allylic oxidation sites excluding steroid dienone is 4. The van der Waals surface area contributed by atoms with Gasteiger partial charge in [0, 0.05) is 0 Å². The fourth-order valence-corrected chi connectivity index (χ4v) is 1.41. The minimum atomic E-state index is 0. The fraction of sp³-hybridized carbons (Fsp3) is 0.583. The molecule has 0 saturated carbocycles. The summed E-state index contributed by atoms with van der Waals surface area (Å²) in [6.07, 6.45) is 3.44. The van der Waals surface area contributed by atoms with Crippen molar-refractivity contribution in [2.24, 2.45) is 5.41 Å². The smallest absolute Gasteiger partial charge is 1.00 e. The summed E-state index contributed by atoms with van der Waals surface area (Å²) in [6, 6.07) is 0. The van der Waals surface area contributed by atoms with Crippen LogP contribution < -0.4 is 24.8 Å². The maximum absolute atomic E-state index is 3.44. The van der Waals surface area contributed by atoms with Gasteiger partial charge in [-0.25, -0.2) is 5.57 Å². The Hall–Kier alpha value is 0.774. The van der Waals surface area contributed by atoms with Crippen LogP contribution in [0.1, 0.15) is 41.5 Å². The van der Waals surface area contributed by atoms with Crippen LogP contribution in [-0.4, -0.2) is 0 Å². The van der Waals surface area contributed by atoms with Crippen molar-refractivity contribution in [1.82, 2.24) is 0 Å². The average Bonchev–Trinajstić information content (AvgIpc) is 2.19. The zero-order valence-electron chi connectivity index (χ0n) is 10.5. The van der Waals surface area contributed by atoms with Crippen LogP contribution in [-0.2, 0) is 21.7 Å². The predicted octanol–water partition coefficient (Wildman–Crippen LogP) is -2.04. The zero-order valence-corrected chi connectivity index (χ0v) is 13.5. The molecule has 0 heterocycles. The third-order valence-electron chi connectivity index (χ3n) is 2.56. The van der Waals surface area contributed by atoms with Crippen molar-refractivity contribution in [3.05, 3.63) is 29.7 Å². The molecule has 0 aliphatic heterocycles. The van der Waals surface area contributed by atoms with Gasteiger partial charge in [-0.15, -0.1) is 6.92 Å². The summed E-state index contributed by atoms with van der Waals surface area (Å²) < 4.78 is 0. The Morgan fingerprint density at radius 1 is 1.00 bits per heavy atom. The Labute approximate surface area is 123 Å². The molecule has 0 nitrogen and oxygen atoms in total. The molecule has 0 N–H and O–H groups in total. The summed E-state index contributed by atoms with van der Waals surface area (Å²) in [7, 11) is 0. The molecule has 3 heteroatoms. The molecule has 0 unspecified atom stereocenters. The number of hydrogen-bond donors (Lipinski definition) is 0. The van der Waals surface area contributed by atoms with Crippen LogP contribution in [0.15, 0.2) is 16.7 Å². The van der Waals surface area contributed by atoms with E-state index < -0.39 is 0 Å². The van der Waals surface area contributed by atoms with E-state index in [1.165, 1.54) is 16.7 Å². The van der Waals surface area contributed by atoms with Crippen molar-refractivity contribution < 1.29 is 46.5 Å². The van der Waals surface area contributed by atoms with Gasteiger partial charge in [-0.1, -0.05) is 33.1 Å². The molecule has 0 aromatic rings. The van der Waals surface area contributed by atoms with Crippen LogP contribution >= 0.6 is 0 Å². The van der Waals surface area contributed by atoms with Gasteiger partial charge in [0.2, 0.25) is 0 Å². The van der Waals surface area contributed by atoms with Gasteiger partial charge in [-0.05, 0) is 0 Å². The molecule has 0 atom stereocenters. The first kappa shape index (κ1) is 24.8. The molecule has 0 aromatic heterocycles. The van der Waals surface area contributed by atoms with Crippen LogP contribution in [0.4, 0.5) is 0 Å². The molecule has 0 amide bonds. The first-order valence-corrected chi connectivity index (χ1v) is 4.46. The Balaban J connectivity index is -0.000000114. The largest absolute Gasteiger partial charge is 4.00 e. The van der Waals surface area contributed by atoms with Gasteiger partial charge in [-0.2, -0.15) is 18.1 Å². The van der Waals surface area contributed by atoms with E-state index in [0.717, 1.165) is 0 Å². The van der Waals surface area contributed by atoms with Crippen molar-refractivity contribution in [3.8, 4) is 0 Å². The normalized spacial score (nSPS) is 16.1. The Morgan fingerprint density at radius 3 is 1.40 bits per heavy atom. The summed E-state index contributed by atoms with van der Waals surface area (Å²) in [5.74, 6) is 0. The minimum absolute atomic E-state index is 0. The third kappa shape index (κ3) is 6.17. The van der Waals surface area contributed by atoms with E-state index in [0.29, 0.717) is 0 Å². The van der Waals surface area contributed by atoms with Crippen molar-refractivity contribution in [2.45, 2.75) is 41.5 Å². The number of hydrogen-bond acceptors (Lipinski definition) is 0. The molecule has 86 valence electrons. The molecule has 0 fully saturated rings. The van der Waals surface area contributed by atoms with Crippen molar-refractivity contribution in [1.29, 1.82) is 0 Å². The quantitative estimate of drug-likeness (QED) is 0.355. The van der Waals surface area contributed by atoms with Crippen LogP contribution in [0.5, 0.6) is 0 Å². The van der Waals surface area contributed by atoms with Crippen LogP contribution in [0, 0.1) is 18.4 Å². The number of rotatable bonds is 0. The molecule has 1 aliphatic carbocycles. The summed E-state index contributed by atoms with van der Waals surface area (Å²) in [5.41, 5.74) is 4.39. The van der Waals surface area contributed by atoms with E-state index in [1.54, 1.807) is 6.92 Å². The molecule has 0 aromatic carbocycles. The second-order valence-corrected chi connectivity index (χ2v) is 3.62. The number of halogens is 2. The summed E-state index contributed by atoms with van der Waals surface area (Å²) in [4.78, 5) is 0. The molecule has 0 spiro atoms. The van der Waals surface area contributed by atoms with Crippen LogP contribution in [0.2, 0.25) is 0 Å². The Bertz CT molecular complexity index is 228. The van der Waals surface area contributed by atoms with Gasteiger partial charge in [0.1, 0.15) is 0 Å². The first-order valence-electron chi connectivity index (χ1n) is 4.46. The summed E-state index contributed by atoms with van der Waals surface area (Å²) in [6.45, 7) is 15.9. The van der Waals surface area contributed by atoms with Gasteiger partial charge >= 0.3 is 21.7 Å². The molecule has 1 aliphatic rings. The van der Waals surface area contributed by atoms with Gasteiger partial charge in [0.25, 0.3) is 0 Å². The van der Waals surface area contributed by atoms with Gasteiger partial charge < -0.3 is 31.7 Å². The maximum Gasteiger partial charge on any atom is 4.00 e. The molecule has 15 heavy (non-hydrogen) atoms. The molecule has 0 radical (unpaired) electrons. The standard InChI is InChI=1S/C10H15.C2H5.2ClH.Ti/c1-7-6-10(4,5)9(3)8(7)2;1-2;;;/h1-5H3;1H2,2H3;2*1H;/q2*-1;;;+4/p-2. The second-order valence-electron chi connectivity index (χ2n) is 3.62. The zero-order chi connectivity index (χ0) is 9.94. The van der Waals surface area contributed by atoms with Crippen molar-refractivity contribution in [2.75, 3.05) is 0 Å². The summed E-state index contributed by atoms with van der Waals surface area (Å²) >= 11 is 0. The maximum atomic E-state index is 3.44. The molecule has 0 saturated heterocycles. The summed E-state index contributed by atoms with van der Waals surface area (Å²) in [5, 5.41) is 0. The SMILES string of the molecule is CC1=[C-]C(C)(C)C(C)=C1C.[CH2-]C.[Cl-].[Cl-].[Ti+4]. The van der Waals surface area contributed by atoms with Gasteiger partial charge in [0.05, 0.1) is 0 Å². The molecular weight excluding hydrogens is 263 g/mol. The van der Waals surface area contributed by atoms with Crippen molar-refractivity contribution >= 4 is 0 Å². The van der Waals surface area contributed by atoms with Gasteiger partial charge in [-0.3, -0.25) is 6.08 Å². The molecule has 1 rings (SSSR count). The third-order valence-corrected chi connectivity index (χ3v) is 2.56. The predicted molar refractivity (Wildman–Crippen MR) is 55.6 cm³/mol. The van der Waals surface area contributed by atoms with Crippen LogP contribution in [0.3, 0.4) is 0 Å². The Kier molecular flexibility index (Phi) is 16.5. The molecular formula is C12H20Cl2Ti. The average molecular weight is 283 g/mol. The van der Waals surface area contributed by atoms with E-state index >= 15 is 0 Å². The monoisotopic (exact) mass is 282 g/mol.